The van der Waals surface area contributed by atoms with Gasteiger partial charge >= 0.3 is 0 Å². The minimum atomic E-state index is 0.534. The Bertz CT molecular complexity index is 299. The van der Waals surface area contributed by atoms with Crippen molar-refractivity contribution in [3.8, 4) is 0 Å². The van der Waals surface area contributed by atoms with E-state index in [0.717, 1.165) is 12.1 Å². The summed E-state index contributed by atoms with van der Waals surface area (Å²) in [6, 6.07) is 0.641. The van der Waals surface area contributed by atoms with Gasteiger partial charge in [-0.25, -0.2) is 4.98 Å². The van der Waals surface area contributed by atoms with Crippen molar-refractivity contribution in [2.45, 2.75) is 45.0 Å². The highest BCUT2D eigenvalue weighted by Gasteiger charge is 2.04. The van der Waals surface area contributed by atoms with Crippen molar-refractivity contribution in [1.29, 1.82) is 0 Å². The fourth-order valence-electron chi connectivity index (χ4n) is 1.42. The lowest BCUT2D eigenvalue weighted by atomic mass is 10.2. The topological polar surface area (TPSA) is 16.1 Å². The maximum atomic E-state index is 5.72. The number of alkyl halides is 1. The van der Waals surface area contributed by atoms with Crippen molar-refractivity contribution in [1.82, 2.24) is 9.88 Å². The molecule has 0 bridgehead atoms. The van der Waals surface area contributed by atoms with Gasteiger partial charge in [0.1, 0.15) is 0 Å². The van der Waals surface area contributed by atoms with Crippen molar-refractivity contribution >= 4 is 22.9 Å². The molecule has 2 nitrogen and oxygen atoms in total. The van der Waals surface area contributed by atoms with Crippen LogP contribution in [0.15, 0.2) is 5.38 Å². The van der Waals surface area contributed by atoms with Crippen molar-refractivity contribution in [2.75, 3.05) is 13.6 Å². The molecule has 92 valence electrons. The van der Waals surface area contributed by atoms with Crippen LogP contribution >= 0.6 is 22.9 Å². The quantitative estimate of drug-likeness (QED) is 0.551. The average molecular weight is 261 g/mol. The van der Waals surface area contributed by atoms with E-state index in [2.05, 4.69) is 36.2 Å². The summed E-state index contributed by atoms with van der Waals surface area (Å²) in [5.74, 6) is 0.534. The predicted molar refractivity (Wildman–Crippen MR) is 72.4 cm³/mol. The number of rotatable bonds is 7. The van der Waals surface area contributed by atoms with Crippen molar-refractivity contribution in [3.05, 3.63) is 16.1 Å². The van der Waals surface area contributed by atoms with Crippen molar-refractivity contribution < 1.29 is 0 Å². The monoisotopic (exact) mass is 260 g/mol. The van der Waals surface area contributed by atoms with Gasteiger partial charge in [0, 0.05) is 11.4 Å². The SMILES string of the molecule is CC(C)N(C)CCCCc1nc(CCl)cs1. The lowest BCUT2D eigenvalue weighted by Crippen LogP contribution is -2.27. The number of nitrogens with zero attached hydrogens (tertiary/aromatic N) is 2. The number of thiazole rings is 1. The van der Waals surface area contributed by atoms with Gasteiger partial charge in [0.05, 0.1) is 16.6 Å². The van der Waals surface area contributed by atoms with Crippen LogP contribution in [-0.4, -0.2) is 29.5 Å². The molecule has 0 aliphatic carbocycles. The molecule has 0 atom stereocenters. The Morgan fingerprint density at radius 1 is 1.44 bits per heavy atom. The fraction of sp³-hybridized carbons (Fsp3) is 0.750. The van der Waals surface area contributed by atoms with Gasteiger partial charge in [-0.15, -0.1) is 22.9 Å². The molecule has 0 fully saturated rings. The molecule has 0 saturated carbocycles. The second kappa shape index (κ2) is 7.25. The predicted octanol–water partition coefficient (Wildman–Crippen LogP) is 3.54. The number of unbranched alkanes of at least 4 members (excludes halogenated alkanes) is 1. The second-order valence-electron chi connectivity index (χ2n) is 4.40. The van der Waals surface area contributed by atoms with Crippen LogP contribution in [0.1, 0.15) is 37.4 Å². The maximum absolute atomic E-state index is 5.72. The maximum Gasteiger partial charge on any atom is 0.0928 e. The number of hydrogen-bond donors (Lipinski definition) is 0. The highest BCUT2D eigenvalue weighted by atomic mass is 35.5. The fourth-order valence-corrected chi connectivity index (χ4v) is 2.49. The first-order chi connectivity index (χ1) is 7.63. The molecule has 0 saturated heterocycles. The van der Waals surface area contributed by atoms with Crippen LogP contribution in [0, 0.1) is 0 Å². The molecule has 0 aromatic carbocycles. The lowest BCUT2D eigenvalue weighted by Gasteiger charge is -2.20. The van der Waals surface area contributed by atoms with Crippen LogP contribution in [0.4, 0.5) is 0 Å². The molecule has 4 heteroatoms. The van der Waals surface area contributed by atoms with Gasteiger partial charge in [0.15, 0.2) is 0 Å². The van der Waals surface area contributed by atoms with E-state index in [1.807, 2.05) is 0 Å². The summed E-state index contributed by atoms with van der Waals surface area (Å²) in [6.45, 7) is 5.63. The molecule has 0 aliphatic heterocycles. The van der Waals surface area contributed by atoms with E-state index >= 15 is 0 Å². The third-order valence-electron chi connectivity index (χ3n) is 2.77. The molecule has 0 aliphatic rings. The molecule has 0 unspecified atom stereocenters. The van der Waals surface area contributed by atoms with Crippen molar-refractivity contribution in [2.24, 2.45) is 0 Å². The number of aryl methyl sites for hydroxylation is 1. The van der Waals surface area contributed by atoms with E-state index in [9.17, 15) is 0 Å². The van der Waals surface area contributed by atoms with Crippen LogP contribution in [0.3, 0.4) is 0 Å². The third kappa shape index (κ3) is 4.81. The first kappa shape index (κ1) is 13.9. The Labute approximate surface area is 108 Å². The Morgan fingerprint density at radius 2 is 2.19 bits per heavy atom. The summed E-state index contributed by atoms with van der Waals surface area (Å²) >= 11 is 7.45. The lowest BCUT2D eigenvalue weighted by molar-refractivity contribution is 0.268. The van der Waals surface area contributed by atoms with Gasteiger partial charge in [-0.1, -0.05) is 0 Å². The summed E-state index contributed by atoms with van der Waals surface area (Å²) in [4.78, 5) is 6.83. The molecule has 1 rings (SSSR count). The minimum Gasteiger partial charge on any atom is -0.304 e. The Balaban J connectivity index is 2.16. The molecule has 0 radical (unpaired) electrons. The molecular weight excluding hydrogens is 240 g/mol. The van der Waals surface area contributed by atoms with Crippen LogP contribution in [-0.2, 0) is 12.3 Å². The summed E-state index contributed by atoms with van der Waals surface area (Å²) in [5.41, 5.74) is 1.01. The van der Waals surface area contributed by atoms with Crippen LogP contribution < -0.4 is 0 Å². The first-order valence-corrected chi connectivity index (χ1v) is 7.24. The van der Waals surface area contributed by atoms with E-state index in [1.165, 1.54) is 24.4 Å². The second-order valence-corrected chi connectivity index (χ2v) is 5.61. The molecule has 0 spiro atoms. The summed E-state index contributed by atoms with van der Waals surface area (Å²) in [5, 5.41) is 3.28. The largest absolute Gasteiger partial charge is 0.304 e. The third-order valence-corrected chi connectivity index (χ3v) is 4.00. The van der Waals surface area contributed by atoms with Gasteiger partial charge in [-0.05, 0) is 46.7 Å². The molecule has 1 aromatic heterocycles. The van der Waals surface area contributed by atoms with Crippen molar-refractivity contribution in [3.63, 3.8) is 0 Å². The van der Waals surface area contributed by atoms with E-state index in [0.29, 0.717) is 11.9 Å². The standard InChI is InChI=1S/C12H21ClN2S/c1-10(2)15(3)7-5-4-6-12-14-11(8-13)9-16-12/h9-10H,4-8H2,1-3H3. The average Bonchev–Trinajstić information content (AvgIpc) is 2.71. The van der Waals surface area contributed by atoms with E-state index in [4.69, 9.17) is 11.6 Å². The Kier molecular flexibility index (Phi) is 6.32. The number of halogens is 1. The van der Waals surface area contributed by atoms with Crippen LogP contribution in [0.25, 0.3) is 0 Å². The van der Waals surface area contributed by atoms with Gasteiger partial charge in [-0.2, -0.15) is 0 Å². The number of hydrogen-bond acceptors (Lipinski definition) is 3. The van der Waals surface area contributed by atoms with E-state index in [1.54, 1.807) is 11.3 Å². The van der Waals surface area contributed by atoms with Gasteiger partial charge in [0.2, 0.25) is 0 Å². The minimum absolute atomic E-state index is 0.534. The first-order valence-electron chi connectivity index (χ1n) is 5.83. The zero-order valence-corrected chi connectivity index (χ0v) is 11.9. The summed E-state index contributed by atoms with van der Waals surface area (Å²) in [6.07, 6.45) is 3.55. The van der Waals surface area contributed by atoms with Crippen LogP contribution in [0.5, 0.6) is 0 Å². The molecule has 1 heterocycles. The summed E-state index contributed by atoms with van der Waals surface area (Å²) < 4.78 is 0. The molecule has 16 heavy (non-hydrogen) atoms. The number of aromatic nitrogens is 1. The molecule has 0 amide bonds. The zero-order chi connectivity index (χ0) is 12.0. The van der Waals surface area contributed by atoms with Crippen LogP contribution in [0.2, 0.25) is 0 Å². The van der Waals surface area contributed by atoms with E-state index < -0.39 is 0 Å². The molecule has 0 N–H and O–H groups in total. The Morgan fingerprint density at radius 3 is 2.75 bits per heavy atom. The Hall–Kier alpha value is -0.120. The highest BCUT2D eigenvalue weighted by molar-refractivity contribution is 7.09. The highest BCUT2D eigenvalue weighted by Crippen LogP contribution is 2.14. The van der Waals surface area contributed by atoms with Gasteiger partial charge in [0.25, 0.3) is 0 Å². The summed E-state index contributed by atoms with van der Waals surface area (Å²) in [7, 11) is 2.18. The van der Waals surface area contributed by atoms with Gasteiger partial charge < -0.3 is 4.90 Å². The smallest absolute Gasteiger partial charge is 0.0928 e. The molecule has 1 aromatic rings. The van der Waals surface area contributed by atoms with Gasteiger partial charge in [-0.3, -0.25) is 0 Å². The molecular formula is C12H21ClN2S. The normalized spacial score (nSPS) is 11.6. The zero-order valence-electron chi connectivity index (χ0n) is 10.4. The van der Waals surface area contributed by atoms with E-state index in [-0.39, 0.29) is 0 Å².